The summed E-state index contributed by atoms with van der Waals surface area (Å²) in [5.41, 5.74) is 2.21. The number of likely N-dealkylation sites (tertiary alicyclic amines) is 1. The van der Waals surface area contributed by atoms with Gasteiger partial charge in [0, 0.05) is 36.4 Å². The first-order valence-corrected chi connectivity index (χ1v) is 9.52. The van der Waals surface area contributed by atoms with Crippen molar-refractivity contribution >= 4 is 29.2 Å². The van der Waals surface area contributed by atoms with Gasteiger partial charge >= 0.3 is 6.03 Å². The Balaban J connectivity index is 1.67. The Hall–Kier alpha value is -2.53. The molecule has 0 aromatic heterocycles. The fourth-order valence-corrected chi connectivity index (χ4v) is 3.31. The van der Waals surface area contributed by atoms with Gasteiger partial charge in [-0.25, -0.2) is 4.79 Å². The summed E-state index contributed by atoms with van der Waals surface area (Å²) < 4.78 is 0. The van der Waals surface area contributed by atoms with Crippen molar-refractivity contribution in [2.45, 2.75) is 25.8 Å². The van der Waals surface area contributed by atoms with Crippen LogP contribution in [0.25, 0.3) is 0 Å². The maximum absolute atomic E-state index is 12.6. The van der Waals surface area contributed by atoms with E-state index in [4.69, 9.17) is 11.6 Å². The standard InChI is InChI=1S/C21H24ClN3O2/c1-15(16-8-10-18(22)11-9-16)24(2)21(27)23-19-7-5-6-17(14-19)20(26)25-12-3-4-13-25/h5-11,14-15H,3-4,12-13H2,1-2H3,(H,23,27). The lowest BCUT2D eigenvalue weighted by Crippen LogP contribution is -2.33. The van der Waals surface area contributed by atoms with Crippen LogP contribution in [-0.2, 0) is 0 Å². The van der Waals surface area contributed by atoms with Crippen LogP contribution in [0, 0.1) is 0 Å². The second-order valence-corrected chi connectivity index (χ2v) is 7.29. The first-order valence-electron chi connectivity index (χ1n) is 9.14. The largest absolute Gasteiger partial charge is 0.339 e. The Morgan fingerprint density at radius 3 is 2.44 bits per heavy atom. The highest BCUT2D eigenvalue weighted by molar-refractivity contribution is 6.30. The van der Waals surface area contributed by atoms with Crippen molar-refractivity contribution < 1.29 is 9.59 Å². The molecule has 0 saturated carbocycles. The van der Waals surface area contributed by atoms with Crippen molar-refractivity contribution in [1.82, 2.24) is 9.80 Å². The van der Waals surface area contributed by atoms with Gasteiger partial charge in [-0.2, -0.15) is 0 Å². The van der Waals surface area contributed by atoms with Gasteiger partial charge < -0.3 is 15.1 Å². The van der Waals surface area contributed by atoms with E-state index in [1.165, 1.54) is 0 Å². The molecule has 0 radical (unpaired) electrons. The molecule has 1 atom stereocenters. The molecule has 1 aliphatic rings. The summed E-state index contributed by atoms with van der Waals surface area (Å²) in [6, 6.07) is 14.2. The summed E-state index contributed by atoms with van der Waals surface area (Å²) in [5.74, 6) is 0.0199. The number of hydrogen-bond acceptors (Lipinski definition) is 2. The van der Waals surface area contributed by atoms with Gasteiger partial charge in [-0.05, 0) is 55.7 Å². The number of halogens is 1. The predicted octanol–water partition coefficient (Wildman–Crippen LogP) is 4.80. The van der Waals surface area contributed by atoms with Gasteiger partial charge in [0.25, 0.3) is 5.91 Å². The lowest BCUT2D eigenvalue weighted by atomic mass is 10.1. The van der Waals surface area contributed by atoms with Crippen LogP contribution in [0.3, 0.4) is 0 Å². The van der Waals surface area contributed by atoms with Gasteiger partial charge in [0.2, 0.25) is 0 Å². The first kappa shape index (κ1) is 19.2. The lowest BCUT2D eigenvalue weighted by molar-refractivity contribution is 0.0793. The van der Waals surface area contributed by atoms with Crippen LogP contribution in [-0.4, -0.2) is 41.9 Å². The molecule has 1 saturated heterocycles. The van der Waals surface area contributed by atoms with Gasteiger partial charge in [0.05, 0.1) is 6.04 Å². The minimum absolute atomic E-state index is 0.0199. The zero-order chi connectivity index (χ0) is 19.4. The van der Waals surface area contributed by atoms with E-state index in [2.05, 4.69) is 5.32 Å². The number of amides is 3. The zero-order valence-electron chi connectivity index (χ0n) is 15.6. The second-order valence-electron chi connectivity index (χ2n) is 6.85. The van der Waals surface area contributed by atoms with E-state index >= 15 is 0 Å². The van der Waals surface area contributed by atoms with Crippen molar-refractivity contribution in [2.24, 2.45) is 0 Å². The summed E-state index contributed by atoms with van der Waals surface area (Å²) in [4.78, 5) is 28.6. The minimum Gasteiger partial charge on any atom is -0.339 e. The van der Waals surface area contributed by atoms with Crippen LogP contribution in [0.15, 0.2) is 48.5 Å². The molecule has 142 valence electrons. The molecular formula is C21H24ClN3O2. The molecule has 5 nitrogen and oxygen atoms in total. The number of carbonyl (C=O) groups excluding carboxylic acids is 2. The highest BCUT2D eigenvalue weighted by Gasteiger charge is 2.21. The number of urea groups is 1. The average molecular weight is 386 g/mol. The summed E-state index contributed by atoms with van der Waals surface area (Å²) >= 11 is 5.93. The van der Waals surface area contributed by atoms with E-state index in [-0.39, 0.29) is 18.0 Å². The molecule has 1 unspecified atom stereocenters. The van der Waals surface area contributed by atoms with E-state index in [0.29, 0.717) is 16.3 Å². The molecule has 3 amide bonds. The Labute approximate surface area is 164 Å². The van der Waals surface area contributed by atoms with Crippen molar-refractivity contribution in [3.05, 3.63) is 64.7 Å². The summed E-state index contributed by atoms with van der Waals surface area (Å²) in [5, 5.41) is 3.54. The molecule has 1 heterocycles. The maximum atomic E-state index is 12.6. The van der Waals surface area contributed by atoms with Crippen molar-refractivity contribution in [3.8, 4) is 0 Å². The van der Waals surface area contributed by atoms with Crippen molar-refractivity contribution in [2.75, 3.05) is 25.5 Å². The third kappa shape index (κ3) is 4.61. The van der Waals surface area contributed by atoms with Crippen LogP contribution in [0.4, 0.5) is 10.5 Å². The molecular weight excluding hydrogens is 362 g/mol. The first-order chi connectivity index (χ1) is 13.0. The maximum Gasteiger partial charge on any atom is 0.322 e. The summed E-state index contributed by atoms with van der Waals surface area (Å²) in [6.07, 6.45) is 2.10. The summed E-state index contributed by atoms with van der Waals surface area (Å²) in [7, 11) is 1.74. The molecule has 3 rings (SSSR count). The number of nitrogens with one attached hydrogen (secondary N) is 1. The molecule has 0 spiro atoms. The second kappa shape index (κ2) is 8.44. The van der Waals surface area contributed by atoms with Crippen LogP contribution >= 0.6 is 11.6 Å². The molecule has 1 N–H and O–H groups in total. The minimum atomic E-state index is -0.233. The Morgan fingerprint density at radius 2 is 1.78 bits per heavy atom. The molecule has 0 aliphatic carbocycles. The van der Waals surface area contributed by atoms with Crippen molar-refractivity contribution in [1.29, 1.82) is 0 Å². The van der Waals surface area contributed by atoms with Crippen LogP contribution < -0.4 is 5.32 Å². The van der Waals surface area contributed by atoms with Gasteiger partial charge in [0.15, 0.2) is 0 Å². The number of carbonyl (C=O) groups is 2. The lowest BCUT2D eigenvalue weighted by Gasteiger charge is -2.26. The number of rotatable bonds is 4. The van der Waals surface area contributed by atoms with Gasteiger partial charge in [0.1, 0.15) is 0 Å². The number of benzene rings is 2. The van der Waals surface area contributed by atoms with Crippen LogP contribution in [0.2, 0.25) is 5.02 Å². The molecule has 1 aliphatic heterocycles. The van der Waals surface area contributed by atoms with E-state index in [9.17, 15) is 9.59 Å². The van der Waals surface area contributed by atoms with E-state index in [0.717, 1.165) is 31.5 Å². The summed E-state index contributed by atoms with van der Waals surface area (Å²) in [6.45, 7) is 3.56. The van der Waals surface area contributed by atoms with Gasteiger partial charge in [-0.3, -0.25) is 4.79 Å². The number of anilines is 1. The SMILES string of the molecule is CC(c1ccc(Cl)cc1)N(C)C(=O)Nc1cccc(C(=O)N2CCCC2)c1. The predicted molar refractivity (Wildman–Crippen MR) is 108 cm³/mol. The molecule has 27 heavy (non-hydrogen) atoms. The fraction of sp³-hybridized carbons (Fsp3) is 0.333. The van der Waals surface area contributed by atoms with Gasteiger partial charge in [-0.15, -0.1) is 0 Å². The Bertz CT molecular complexity index is 816. The average Bonchev–Trinajstić information content (AvgIpc) is 3.22. The third-order valence-corrected chi connectivity index (χ3v) is 5.26. The molecule has 1 fully saturated rings. The van der Waals surface area contributed by atoms with Crippen LogP contribution in [0.5, 0.6) is 0 Å². The van der Waals surface area contributed by atoms with E-state index < -0.39 is 0 Å². The molecule has 0 bridgehead atoms. The quantitative estimate of drug-likeness (QED) is 0.821. The smallest absolute Gasteiger partial charge is 0.322 e. The topological polar surface area (TPSA) is 52.7 Å². The van der Waals surface area contributed by atoms with Crippen LogP contribution in [0.1, 0.15) is 41.7 Å². The zero-order valence-corrected chi connectivity index (χ0v) is 16.4. The highest BCUT2D eigenvalue weighted by Crippen LogP contribution is 2.22. The third-order valence-electron chi connectivity index (χ3n) is 5.01. The highest BCUT2D eigenvalue weighted by atomic mass is 35.5. The van der Waals surface area contributed by atoms with E-state index in [1.807, 2.05) is 36.1 Å². The Morgan fingerprint density at radius 1 is 1.11 bits per heavy atom. The number of hydrogen-bond donors (Lipinski definition) is 1. The normalized spacial score (nSPS) is 14.7. The monoisotopic (exact) mass is 385 g/mol. The Kier molecular flexibility index (Phi) is 6.01. The van der Waals surface area contributed by atoms with Gasteiger partial charge in [-0.1, -0.05) is 29.8 Å². The molecule has 6 heteroatoms. The van der Waals surface area contributed by atoms with E-state index in [1.54, 1.807) is 36.2 Å². The molecule has 2 aromatic carbocycles. The molecule has 2 aromatic rings. The van der Waals surface area contributed by atoms with Crippen molar-refractivity contribution in [3.63, 3.8) is 0 Å². The number of nitrogens with zero attached hydrogens (tertiary/aromatic N) is 2. The fourth-order valence-electron chi connectivity index (χ4n) is 3.19.